The number of nitrogens with one attached hydrogen (secondary N) is 1. The summed E-state index contributed by atoms with van der Waals surface area (Å²) in [5, 5.41) is 2.91. The second kappa shape index (κ2) is 9.03. The van der Waals surface area contributed by atoms with Crippen molar-refractivity contribution in [3.63, 3.8) is 0 Å². The second-order valence-corrected chi connectivity index (χ2v) is 6.07. The Bertz CT molecular complexity index is 340. The number of carbonyl (C=O) groups is 2. The van der Waals surface area contributed by atoms with Crippen LogP contribution in [0, 0.1) is 0 Å². The largest absolute Gasteiger partial charge is 0.378 e. The van der Waals surface area contributed by atoms with E-state index in [9.17, 15) is 9.59 Å². The summed E-state index contributed by atoms with van der Waals surface area (Å²) >= 11 is 0. The molecule has 0 bridgehead atoms. The Labute approximate surface area is 127 Å². The third-order valence-corrected chi connectivity index (χ3v) is 4.33. The Hall–Kier alpha value is -1.10. The molecule has 120 valence electrons. The zero-order chi connectivity index (χ0) is 14.9. The zero-order valence-corrected chi connectivity index (χ0v) is 12.9. The highest BCUT2D eigenvalue weighted by Crippen LogP contribution is 2.20. The van der Waals surface area contributed by atoms with E-state index in [0.29, 0.717) is 32.0 Å². The molecule has 2 rings (SSSR count). The van der Waals surface area contributed by atoms with Crippen molar-refractivity contribution in [2.24, 2.45) is 0 Å². The number of hydrogen-bond acceptors (Lipinski definition) is 3. The molecule has 0 atom stereocenters. The number of piperidine rings is 1. The number of ether oxygens (including phenoxy) is 1. The highest BCUT2D eigenvalue weighted by atomic mass is 16.5. The summed E-state index contributed by atoms with van der Waals surface area (Å²) in [5.41, 5.74) is 0. The van der Waals surface area contributed by atoms with Gasteiger partial charge in [-0.2, -0.15) is 0 Å². The van der Waals surface area contributed by atoms with Gasteiger partial charge in [0.1, 0.15) is 0 Å². The van der Waals surface area contributed by atoms with Gasteiger partial charge in [0, 0.05) is 39.1 Å². The van der Waals surface area contributed by atoms with Gasteiger partial charge in [0.25, 0.3) is 0 Å². The smallest absolute Gasteiger partial charge is 0.222 e. The average Bonchev–Trinajstić information content (AvgIpc) is 2.99. The van der Waals surface area contributed by atoms with Crippen LogP contribution in [0.2, 0.25) is 0 Å². The van der Waals surface area contributed by atoms with Gasteiger partial charge < -0.3 is 15.0 Å². The van der Waals surface area contributed by atoms with Crippen molar-refractivity contribution in [2.75, 3.05) is 26.2 Å². The summed E-state index contributed by atoms with van der Waals surface area (Å²) < 4.78 is 5.75. The van der Waals surface area contributed by atoms with Crippen LogP contribution in [0.1, 0.15) is 57.8 Å². The maximum atomic E-state index is 11.7. The van der Waals surface area contributed by atoms with E-state index in [-0.39, 0.29) is 11.8 Å². The molecule has 5 nitrogen and oxygen atoms in total. The predicted molar refractivity (Wildman–Crippen MR) is 80.9 cm³/mol. The molecule has 1 saturated carbocycles. The van der Waals surface area contributed by atoms with Gasteiger partial charge in [0.2, 0.25) is 11.8 Å². The first-order valence-corrected chi connectivity index (χ1v) is 8.42. The van der Waals surface area contributed by atoms with Crippen LogP contribution in [0.3, 0.4) is 0 Å². The summed E-state index contributed by atoms with van der Waals surface area (Å²) in [5.74, 6) is 0.230. The summed E-state index contributed by atoms with van der Waals surface area (Å²) in [4.78, 5) is 25.1. The zero-order valence-electron chi connectivity index (χ0n) is 12.9. The lowest BCUT2D eigenvalue weighted by molar-refractivity contribution is -0.133. The van der Waals surface area contributed by atoms with Crippen molar-refractivity contribution < 1.29 is 14.3 Å². The Balaban J connectivity index is 1.46. The standard InChI is InChI=1S/C16H28N2O3/c19-15(9-12-18-11-4-3-8-16(18)20)17-10-5-13-21-14-6-1-2-7-14/h14H,1-13H2,(H,17,19). The number of hydrogen-bond donors (Lipinski definition) is 1. The van der Waals surface area contributed by atoms with Crippen molar-refractivity contribution in [3.05, 3.63) is 0 Å². The van der Waals surface area contributed by atoms with Gasteiger partial charge in [0.15, 0.2) is 0 Å². The van der Waals surface area contributed by atoms with E-state index >= 15 is 0 Å². The third kappa shape index (κ3) is 6.04. The van der Waals surface area contributed by atoms with Crippen LogP contribution in [0.15, 0.2) is 0 Å². The number of likely N-dealkylation sites (tertiary alicyclic amines) is 1. The molecule has 0 spiro atoms. The van der Waals surface area contributed by atoms with Gasteiger partial charge in [-0.05, 0) is 32.1 Å². The van der Waals surface area contributed by atoms with Gasteiger partial charge in [-0.1, -0.05) is 12.8 Å². The Kier molecular flexibility index (Phi) is 7.00. The lowest BCUT2D eigenvalue weighted by Crippen LogP contribution is -2.38. The number of nitrogens with zero attached hydrogens (tertiary/aromatic N) is 1. The minimum atomic E-state index is 0.0363. The molecule has 21 heavy (non-hydrogen) atoms. The normalized spacial score (nSPS) is 20.0. The minimum absolute atomic E-state index is 0.0363. The van der Waals surface area contributed by atoms with Crippen LogP contribution in [-0.2, 0) is 14.3 Å². The molecule has 1 saturated heterocycles. The van der Waals surface area contributed by atoms with Crippen LogP contribution in [0.5, 0.6) is 0 Å². The molecule has 1 heterocycles. The Morgan fingerprint density at radius 3 is 2.81 bits per heavy atom. The van der Waals surface area contributed by atoms with Crippen LogP contribution >= 0.6 is 0 Å². The van der Waals surface area contributed by atoms with Crippen LogP contribution in [0.4, 0.5) is 0 Å². The molecular weight excluding hydrogens is 268 g/mol. The molecule has 2 fully saturated rings. The fourth-order valence-electron chi connectivity index (χ4n) is 3.03. The first kappa shape index (κ1) is 16.3. The molecular formula is C16H28N2O3. The van der Waals surface area contributed by atoms with E-state index in [1.54, 1.807) is 0 Å². The van der Waals surface area contributed by atoms with E-state index in [1.165, 1.54) is 25.7 Å². The average molecular weight is 296 g/mol. The van der Waals surface area contributed by atoms with Crippen molar-refractivity contribution in [3.8, 4) is 0 Å². The maximum Gasteiger partial charge on any atom is 0.222 e. The predicted octanol–water partition coefficient (Wildman–Crippen LogP) is 1.85. The molecule has 5 heteroatoms. The Morgan fingerprint density at radius 1 is 1.24 bits per heavy atom. The summed E-state index contributed by atoms with van der Waals surface area (Å²) in [7, 11) is 0. The van der Waals surface area contributed by atoms with Crippen molar-refractivity contribution in [1.29, 1.82) is 0 Å². The van der Waals surface area contributed by atoms with Gasteiger partial charge in [-0.15, -0.1) is 0 Å². The van der Waals surface area contributed by atoms with Crippen LogP contribution in [-0.4, -0.2) is 49.1 Å². The fraction of sp³-hybridized carbons (Fsp3) is 0.875. The highest BCUT2D eigenvalue weighted by Gasteiger charge is 2.18. The molecule has 0 unspecified atom stereocenters. The summed E-state index contributed by atoms with van der Waals surface area (Å²) in [6.45, 7) is 2.76. The molecule has 1 aliphatic carbocycles. The molecule has 0 radical (unpaired) electrons. The number of amides is 2. The molecule has 1 aliphatic heterocycles. The lowest BCUT2D eigenvalue weighted by Gasteiger charge is -2.26. The van der Waals surface area contributed by atoms with Crippen LogP contribution < -0.4 is 5.32 Å². The highest BCUT2D eigenvalue weighted by molar-refractivity contribution is 5.79. The number of rotatable bonds is 8. The first-order valence-electron chi connectivity index (χ1n) is 8.42. The molecule has 0 aromatic heterocycles. The fourth-order valence-corrected chi connectivity index (χ4v) is 3.03. The van der Waals surface area contributed by atoms with E-state index < -0.39 is 0 Å². The van der Waals surface area contributed by atoms with Gasteiger partial charge in [-0.25, -0.2) is 0 Å². The topological polar surface area (TPSA) is 58.6 Å². The molecule has 0 aromatic rings. The van der Waals surface area contributed by atoms with E-state index in [0.717, 1.165) is 32.4 Å². The minimum Gasteiger partial charge on any atom is -0.378 e. The third-order valence-electron chi connectivity index (χ3n) is 4.33. The Morgan fingerprint density at radius 2 is 2.05 bits per heavy atom. The second-order valence-electron chi connectivity index (χ2n) is 6.07. The van der Waals surface area contributed by atoms with Gasteiger partial charge in [-0.3, -0.25) is 9.59 Å². The van der Waals surface area contributed by atoms with E-state index in [1.807, 2.05) is 4.90 Å². The maximum absolute atomic E-state index is 11.7. The lowest BCUT2D eigenvalue weighted by atomic mass is 10.1. The van der Waals surface area contributed by atoms with Crippen molar-refractivity contribution in [1.82, 2.24) is 10.2 Å². The van der Waals surface area contributed by atoms with Gasteiger partial charge >= 0.3 is 0 Å². The van der Waals surface area contributed by atoms with E-state index in [2.05, 4.69) is 5.32 Å². The quantitative estimate of drug-likeness (QED) is 0.696. The monoisotopic (exact) mass is 296 g/mol. The molecule has 2 amide bonds. The molecule has 1 N–H and O–H groups in total. The van der Waals surface area contributed by atoms with Crippen molar-refractivity contribution in [2.45, 2.75) is 63.9 Å². The summed E-state index contributed by atoms with van der Waals surface area (Å²) in [6.07, 6.45) is 9.37. The summed E-state index contributed by atoms with van der Waals surface area (Å²) in [6, 6.07) is 0. The molecule has 0 aromatic carbocycles. The molecule has 2 aliphatic rings. The van der Waals surface area contributed by atoms with E-state index in [4.69, 9.17) is 4.74 Å². The van der Waals surface area contributed by atoms with Crippen LogP contribution in [0.25, 0.3) is 0 Å². The van der Waals surface area contributed by atoms with Gasteiger partial charge in [0.05, 0.1) is 6.10 Å². The SMILES string of the molecule is O=C(CCN1CCCCC1=O)NCCCOC1CCCC1. The van der Waals surface area contributed by atoms with Crippen molar-refractivity contribution >= 4 is 11.8 Å². The first-order chi connectivity index (χ1) is 10.3. The number of carbonyl (C=O) groups excluding carboxylic acids is 2.